The van der Waals surface area contributed by atoms with Crippen molar-refractivity contribution in [1.82, 2.24) is 20.2 Å². The molecule has 0 radical (unpaired) electrons. The van der Waals surface area contributed by atoms with Crippen molar-refractivity contribution in [1.29, 1.82) is 0 Å². The topological polar surface area (TPSA) is 85.8 Å². The van der Waals surface area contributed by atoms with Crippen LogP contribution in [0.15, 0.2) is 24.5 Å². The SMILES string of the molecule is CCc1ncnc(O[C@@H]2CCN(C(=O)NCc3ccc4c(c3)OCO4)C2)c1F. The van der Waals surface area contributed by atoms with E-state index in [1.807, 2.05) is 25.1 Å². The molecule has 1 aromatic carbocycles. The predicted molar refractivity (Wildman–Crippen MR) is 96.8 cm³/mol. The Bertz CT molecular complexity index is 879. The number of urea groups is 1. The second-order valence-electron chi connectivity index (χ2n) is 6.61. The van der Waals surface area contributed by atoms with E-state index in [9.17, 15) is 9.18 Å². The first-order chi connectivity index (χ1) is 13.6. The molecule has 8 nitrogen and oxygen atoms in total. The first-order valence-corrected chi connectivity index (χ1v) is 9.21. The maximum Gasteiger partial charge on any atom is 0.317 e. The number of hydrogen-bond acceptors (Lipinski definition) is 6. The van der Waals surface area contributed by atoms with Crippen molar-refractivity contribution in [2.75, 3.05) is 19.9 Å². The summed E-state index contributed by atoms with van der Waals surface area (Å²) >= 11 is 0. The summed E-state index contributed by atoms with van der Waals surface area (Å²) in [5.74, 6) is 0.799. The zero-order chi connectivity index (χ0) is 19.5. The van der Waals surface area contributed by atoms with Gasteiger partial charge in [0.1, 0.15) is 12.4 Å². The second kappa shape index (κ2) is 7.87. The van der Waals surface area contributed by atoms with Gasteiger partial charge in [-0.1, -0.05) is 13.0 Å². The quantitative estimate of drug-likeness (QED) is 0.846. The highest BCUT2D eigenvalue weighted by Gasteiger charge is 2.29. The number of ether oxygens (including phenoxy) is 3. The van der Waals surface area contributed by atoms with Crippen molar-refractivity contribution in [3.63, 3.8) is 0 Å². The van der Waals surface area contributed by atoms with Crippen molar-refractivity contribution < 1.29 is 23.4 Å². The molecule has 3 heterocycles. The van der Waals surface area contributed by atoms with E-state index in [1.165, 1.54) is 6.33 Å². The van der Waals surface area contributed by atoms with Crippen LogP contribution in [0.2, 0.25) is 0 Å². The molecule has 0 saturated carbocycles. The van der Waals surface area contributed by atoms with Crippen LogP contribution in [0.5, 0.6) is 17.4 Å². The van der Waals surface area contributed by atoms with Gasteiger partial charge in [0.15, 0.2) is 11.5 Å². The summed E-state index contributed by atoms with van der Waals surface area (Å²) in [6.07, 6.45) is 2.07. The summed E-state index contributed by atoms with van der Waals surface area (Å²) in [4.78, 5) is 21.8. The van der Waals surface area contributed by atoms with E-state index in [0.717, 1.165) is 5.56 Å². The highest BCUT2D eigenvalue weighted by atomic mass is 19.1. The maximum atomic E-state index is 14.2. The number of carbonyl (C=O) groups is 1. The van der Waals surface area contributed by atoms with Gasteiger partial charge < -0.3 is 24.4 Å². The molecule has 2 aromatic rings. The summed E-state index contributed by atoms with van der Waals surface area (Å²) in [6, 6.07) is 5.36. The molecule has 148 valence electrons. The molecule has 0 spiro atoms. The van der Waals surface area contributed by atoms with Gasteiger partial charge >= 0.3 is 6.03 Å². The number of carbonyl (C=O) groups excluding carboxylic acids is 1. The van der Waals surface area contributed by atoms with Crippen LogP contribution in [0.1, 0.15) is 24.6 Å². The number of amides is 2. The van der Waals surface area contributed by atoms with Gasteiger partial charge in [0.05, 0.1) is 12.2 Å². The monoisotopic (exact) mass is 388 g/mol. The minimum Gasteiger partial charge on any atom is -0.470 e. The lowest BCUT2D eigenvalue weighted by Crippen LogP contribution is -2.39. The number of halogens is 1. The van der Waals surface area contributed by atoms with Crippen molar-refractivity contribution in [3.05, 3.63) is 41.6 Å². The number of hydrogen-bond donors (Lipinski definition) is 1. The van der Waals surface area contributed by atoms with Crippen LogP contribution in [-0.4, -0.2) is 46.9 Å². The Morgan fingerprint density at radius 2 is 2.21 bits per heavy atom. The largest absolute Gasteiger partial charge is 0.470 e. The number of nitrogens with one attached hydrogen (secondary N) is 1. The number of nitrogens with zero attached hydrogens (tertiary/aromatic N) is 3. The lowest BCUT2D eigenvalue weighted by molar-refractivity contribution is 0.174. The minimum absolute atomic E-state index is 0.0560. The first kappa shape index (κ1) is 18.3. The Balaban J connectivity index is 1.30. The highest BCUT2D eigenvalue weighted by Crippen LogP contribution is 2.32. The standard InChI is InChI=1S/C19H21FN4O4/c1-2-14-17(20)18(23-10-22-14)28-13-5-6-24(9-13)19(25)21-8-12-3-4-15-16(7-12)27-11-26-15/h3-4,7,10,13H,2,5-6,8-9,11H2,1H3,(H,21,25)/t13-/m1/s1. The lowest BCUT2D eigenvalue weighted by Gasteiger charge is -2.18. The normalized spacial score (nSPS) is 17.6. The number of fused-ring (bicyclic) bond motifs is 1. The Morgan fingerprint density at radius 1 is 1.36 bits per heavy atom. The molecule has 4 rings (SSSR count). The van der Waals surface area contributed by atoms with Gasteiger partial charge in [0.25, 0.3) is 5.88 Å². The summed E-state index contributed by atoms with van der Waals surface area (Å²) in [7, 11) is 0. The average molecular weight is 388 g/mol. The third kappa shape index (κ3) is 3.78. The molecule has 1 atom stereocenters. The number of benzene rings is 1. The van der Waals surface area contributed by atoms with Crippen molar-refractivity contribution in [3.8, 4) is 17.4 Å². The predicted octanol–water partition coefficient (Wildman–Crippen LogP) is 2.27. The minimum atomic E-state index is -0.532. The number of likely N-dealkylation sites (tertiary alicyclic amines) is 1. The van der Waals surface area contributed by atoms with Crippen LogP contribution in [-0.2, 0) is 13.0 Å². The van der Waals surface area contributed by atoms with E-state index < -0.39 is 5.82 Å². The van der Waals surface area contributed by atoms with E-state index in [2.05, 4.69) is 15.3 Å². The van der Waals surface area contributed by atoms with Crippen molar-refractivity contribution in [2.45, 2.75) is 32.4 Å². The number of aryl methyl sites for hydroxylation is 1. The molecule has 0 bridgehead atoms. The van der Waals surface area contributed by atoms with Gasteiger partial charge in [-0.25, -0.2) is 9.78 Å². The van der Waals surface area contributed by atoms with Crippen LogP contribution in [0.4, 0.5) is 9.18 Å². The zero-order valence-corrected chi connectivity index (χ0v) is 15.5. The summed E-state index contributed by atoms with van der Waals surface area (Å²) in [5.41, 5.74) is 1.24. The van der Waals surface area contributed by atoms with Gasteiger partial charge in [0.2, 0.25) is 12.6 Å². The average Bonchev–Trinajstić information content (AvgIpc) is 3.36. The fraction of sp³-hybridized carbons (Fsp3) is 0.421. The number of rotatable bonds is 5. The molecule has 1 aromatic heterocycles. The van der Waals surface area contributed by atoms with Crippen LogP contribution < -0.4 is 19.5 Å². The van der Waals surface area contributed by atoms with E-state index in [0.29, 0.717) is 49.7 Å². The van der Waals surface area contributed by atoms with Gasteiger partial charge in [-0.05, 0) is 24.1 Å². The molecule has 1 N–H and O–H groups in total. The molecular formula is C19H21FN4O4. The van der Waals surface area contributed by atoms with Crippen LogP contribution >= 0.6 is 0 Å². The maximum absolute atomic E-state index is 14.2. The molecule has 0 unspecified atom stereocenters. The lowest BCUT2D eigenvalue weighted by atomic mass is 10.2. The van der Waals surface area contributed by atoms with Crippen molar-refractivity contribution in [2.24, 2.45) is 0 Å². The number of aromatic nitrogens is 2. The van der Waals surface area contributed by atoms with E-state index in [4.69, 9.17) is 14.2 Å². The summed E-state index contributed by atoms with van der Waals surface area (Å²) in [6.45, 7) is 3.31. The molecular weight excluding hydrogens is 367 g/mol. The van der Waals surface area contributed by atoms with Crippen molar-refractivity contribution >= 4 is 6.03 Å². The first-order valence-electron chi connectivity index (χ1n) is 9.21. The van der Waals surface area contributed by atoms with Gasteiger partial charge in [0, 0.05) is 19.5 Å². The Morgan fingerprint density at radius 3 is 3.07 bits per heavy atom. The van der Waals surface area contributed by atoms with Gasteiger partial charge in [-0.15, -0.1) is 0 Å². The highest BCUT2D eigenvalue weighted by molar-refractivity contribution is 5.74. The van der Waals surface area contributed by atoms with Crippen LogP contribution in [0.3, 0.4) is 0 Å². The van der Waals surface area contributed by atoms with Crippen LogP contribution in [0, 0.1) is 5.82 Å². The third-order valence-electron chi connectivity index (χ3n) is 4.76. The third-order valence-corrected chi connectivity index (χ3v) is 4.76. The summed E-state index contributed by atoms with van der Waals surface area (Å²) < 4.78 is 30.5. The molecule has 2 amide bonds. The Kier molecular flexibility index (Phi) is 5.14. The van der Waals surface area contributed by atoms with Crippen LogP contribution in [0.25, 0.3) is 0 Å². The molecule has 0 aliphatic carbocycles. The molecule has 1 fully saturated rings. The van der Waals surface area contributed by atoms with Gasteiger partial charge in [-0.3, -0.25) is 0 Å². The van der Waals surface area contributed by atoms with E-state index in [-0.39, 0.29) is 24.8 Å². The molecule has 2 aliphatic rings. The molecule has 2 aliphatic heterocycles. The smallest absolute Gasteiger partial charge is 0.317 e. The Labute approximate surface area is 161 Å². The molecule has 1 saturated heterocycles. The molecule has 28 heavy (non-hydrogen) atoms. The Hall–Kier alpha value is -3.10. The van der Waals surface area contributed by atoms with E-state index in [1.54, 1.807) is 4.90 Å². The van der Waals surface area contributed by atoms with Gasteiger partial charge in [-0.2, -0.15) is 9.37 Å². The molecule has 9 heteroatoms. The second-order valence-corrected chi connectivity index (χ2v) is 6.61. The zero-order valence-electron chi connectivity index (χ0n) is 15.5. The fourth-order valence-electron chi connectivity index (χ4n) is 3.22. The van der Waals surface area contributed by atoms with E-state index >= 15 is 0 Å². The summed E-state index contributed by atoms with van der Waals surface area (Å²) in [5, 5.41) is 2.88. The fourth-order valence-corrected chi connectivity index (χ4v) is 3.22.